The molecular weight excluding hydrogens is 259 g/mol. The van der Waals surface area contributed by atoms with Gasteiger partial charge in [0.15, 0.2) is 9.84 Å². The Hall–Kier alpha value is -1.50. The predicted octanol–water partition coefficient (Wildman–Crippen LogP) is 0.774. The molecule has 1 rings (SSSR count). The average Bonchev–Trinajstić information content (AvgIpc) is 2.25. The zero-order valence-electron chi connectivity index (χ0n) is 10.4. The second-order valence-electron chi connectivity index (χ2n) is 4.58. The summed E-state index contributed by atoms with van der Waals surface area (Å²) in [4.78, 5) is 15.0. The summed E-state index contributed by atoms with van der Waals surface area (Å²) in [6, 6.07) is 2.35. The number of nitrogens with zero attached hydrogens (tertiary/aromatic N) is 1. The molecule has 7 heteroatoms. The lowest BCUT2D eigenvalue weighted by molar-refractivity contribution is 0.0950. The van der Waals surface area contributed by atoms with E-state index in [4.69, 9.17) is 0 Å². The highest BCUT2D eigenvalue weighted by atomic mass is 32.2. The maximum absolute atomic E-state index is 12.6. The van der Waals surface area contributed by atoms with E-state index in [0.29, 0.717) is 0 Å². The number of halogens is 1. The van der Waals surface area contributed by atoms with Crippen molar-refractivity contribution in [2.75, 3.05) is 12.8 Å². The van der Waals surface area contributed by atoms with E-state index in [2.05, 4.69) is 10.3 Å². The maximum atomic E-state index is 12.6. The van der Waals surface area contributed by atoms with Crippen LogP contribution in [0.5, 0.6) is 0 Å². The van der Waals surface area contributed by atoms with Crippen molar-refractivity contribution < 1.29 is 17.6 Å². The first-order valence-corrected chi connectivity index (χ1v) is 7.12. The number of carbonyl (C=O) groups is 1. The normalized spacial score (nSPS) is 12.2. The molecule has 1 amide bonds. The van der Waals surface area contributed by atoms with Crippen molar-refractivity contribution in [2.24, 2.45) is 0 Å². The van der Waals surface area contributed by atoms with E-state index in [1.807, 2.05) is 0 Å². The molecule has 0 radical (unpaired) electrons. The average molecular weight is 274 g/mol. The molecule has 0 bridgehead atoms. The van der Waals surface area contributed by atoms with Gasteiger partial charge in [-0.3, -0.25) is 4.79 Å². The molecule has 1 N–H and O–H groups in total. The number of amides is 1. The number of aromatic nitrogens is 1. The first-order valence-electron chi connectivity index (χ1n) is 5.23. The number of sulfone groups is 1. The summed E-state index contributed by atoms with van der Waals surface area (Å²) in [5.74, 6) is -1.16. The summed E-state index contributed by atoms with van der Waals surface area (Å²) in [5, 5.41) is 2.48. The van der Waals surface area contributed by atoms with Gasteiger partial charge >= 0.3 is 0 Å². The lowest BCUT2D eigenvalue weighted by atomic mass is 10.2. The molecule has 0 unspecified atom stereocenters. The zero-order valence-corrected chi connectivity index (χ0v) is 11.2. The van der Waals surface area contributed by atoms with Crippen LogP contribution in [0.2, 0.25) is 0 Å². The SMILES string of the molecule is CC(C)(CNC(=O)c1ccc(F)nc1)S(C)(=O)=O. The standard InChI is InChI=1S/C11H15FN2O3S/c1-11(2,18(3,16)17)7-14-10(15)8-4-5-9(12)13-6-8/h4-6H,7H2,1-3H3,(H,14,15). The van der Waals surface area contributed by atoms with Crippen LogP contribution in [-0.4, -0.2) is 36.9 Å². The monoisotopic (exact) mass is 274 g/mol. The third-order valence-electron chi connectivity index (χ3n) is 2.67. The van der Waals surface area contributed by atoms with Crippen molar-refractivity contribution in [3.05, 3.63) is 29.8 Å². The summed E-state index contributed by atoms with van der Waals surface area (Å²) in [6.45, 7) is 3.01. The number of nitrogens with one attached hydrogen (secondary N) is 1. The van der Waals surface area contributed by atoms with Crippen LogP contribution in [0.25, 0.3) is 0 Å². The van der Waals surface area contributed by atoms with Crippen LogP contribution in [0, 0.1) is 5.95 Å². The van der Waals surface area contributed by atoms with Crippen LogP contribution in [0.3, 0.4) is 0 Å². The lowest BCUT2D eigenvalue weighted by Gasteiger charge is -2.22. The number of hydrogen-bond donors (Lipinski definition) is 1. The molecule has 0 aliphatic rings. The van der Waals surface area contributed by atoms with Gasteiger partial charge in [-0.15, -0.1) is 0 Å². The van der Waals surface area contributed by atoms with Crippen molar-refractivity contribution in [2.45, 2.75) is 18.6 Å². The Kier molecular flexibility index (Phi) is 4.05. The first kappa shape index (κ1) is 14.6. The molecule has 1 aromatic heterocycles. The molecule has 1 aromatic rings. The van der Waals surface area contributed by atoms with E-state index in [-0.39, 0.29) is 12.1 Å². The zero-order chi connectivity index (χ0) is 14.0. The topological polar surface area (TPSA) is 76.1 Å². The van der Waals surface area contributed by atoms with Crippen LogP contribution in [0.15, 0.2) is 18.3 Å². The fourth-order valence-corrected chi connectivity index (χ4v) is 1.37. The smallest absolute Gasteiger partial charge is 0.252 e. The molecule has 0 aliphatic carbocycles. The molecule has 18 heavy (non-hydrogen) atoms. The largest absolute Gasteiger partial charge is 0.350 e. The molecule has 100 valence electrons. The Balaban J connectivity index is 2.70. The number of pyridine rings is 1. The second kappa shape index (κ2) is 5.01. The summed E-state index contributed by atoms with van der Waals surface area (Å²) in [5.41, 5.74) is 0.181. The van der Waals surface area contributed by atoms with Gasteiger partial charge in [-0.2, -0.15) is 4.39 Å². The van der Waals surface area contributed by atoms with Gasteiger partial charge in [-0.1, -0.05) is 0 Å². The van der Waals surface area contributed by atoms with Gasteiger partial charge < -0.3 is 5.32 Å². The molecular formula is C11H15FN2O3S. The van der Waals surface area contributed by atoms with Crippen LogP contribution < -0.4 is 5.32 Å². The Morgan fingerprint density at radius 1 is 1.44 bits per heavy atom. The summed E-state index contributed by atoms with van der Waals surface area (Å²) < 4.78 is 34.4. The van der Waals surface area contributed by atoms with E-state index < -0.39 is 26.4 Å². The van der Waals surface area contributed by atoms with Crippen LogP contribution in [0.4, 0.5) is 4.39 Å². The summed E-state index contributed by atoms with van der Waals surface area (Å²) in [6.07, 6.45) is 2.21. The van der Waals surface area contributed by atoms with Crippen molar-refractivity contribution in [3.8, 4) is 0 Å². The second-order valence-corrected chi connectivity index (χ2v) is 7.23. The van der Waals surface area contributed by atoms with Gasteiger partial charge in [0.25, 0.3) is 5.91 Å². The molecule has 0 aliphatic heterocycles. The fourth-order valence-electron chi connectivity index (χ4n) is 1.04. The van der Waals surface area contributed by atoms with Gasteiger partial charge in [0, 0.05) is 19.0 Å². The summed E-state index contributed by atoms with van der Waals surface area (Å²) >= 11 is 0. The molecule has 0 saturated carbocycles. The molecule has 0 aromatic carbocycles. The number of rotatable bonds is 4. The molecule has 5 nitrogen and oxygen atoms in total. The van der Waals surface area contributed by atoms with Gasteiger partial charge in [0.05, 0.1) is 10.3 Å². The third-order valence-corrected chi connectivity index (χ3v) is 4.82. The number of carbonyl (C=O) groups excluding carboxylic acids is 1. The molecule has 0 spiro atoms. The highest BCUT2D eigenvalue weighted by Gasteiger charge is 2.30. The Labute approximate surface area is 105 Å². The van der Waals surface area contributed by atoms with Crippen LogP contribution in [-0.2, 0) is 9.84 Å². The van der Waals surface area contributed by atoms with Crippen molar-refractivity contribution in [1.29, 1.82) is 0 Å². The maximum Gasteiger partial charge on any atom is 0.252 e. The van der Waals surface area contributed by atoms with E-state index in [9.17, 15) is 17.6 Å². The molecule has 1 heterocycles. The highest BCUT2D eigenvalue weighted by Crippen LogP contribution is 2.13. The Bertz CT molecular complexity index is 538. The number of hydrogen-bond acceptors (Lipinski definition) is 4. The highest BCUT2D eigenvalue weighted by molar-refractivity contribution is 7.92. The van der Waals surface area contributed by atoms with Gasteiger partial charge in [0.1, 0.15) is 0 Å². The third kappa shape index (κ3) is 3.49. The molecule has 0 fully saturated rings. The molecule has 0 atom stereocenters. The van der Waals surface area contributed by atoms with E-state index in [1.165, 1.54) is 19.9 Å². The Morgan fingerprint density at radius 3 is 2.50 bits per heavy atom. The van der Waals surface area contributed by atoms with Gasteiger partial charge in [0.2, 0.25) is 5.95 Å². The van der Waals surface area contributed by atoms with E-state index >= 15 is 0 Å². The van der Waals surface area contributed by atoms with Crippen LogP contribution in [0.1, 0.15) is 24.2 Å². The van der Waals surface area contributed by atoms with Crippen molar-refractivity contribution >= 4 is 15.7 Å². The van der Waals surface area contributed by atoms with E-state index in [0.717, 1.165) is 18.5 Å². The predicted molar refractivity (Wildman–Crippen MR) is 65.5 cm³/mol. The van der Waals surface area contributed by atoms with Gasteiger partial charge in [-0.05, 0) is 26.0 Å². The first-order chi connectivity index (χ1) is 8.13. The summed E-state index contributed by atoms with van der Waals surface area (Å²) in [7, 11) is -3.28. The minimum atomic E-state index is -3.28. The fraction of sp³-hybridized carbons (Fsp3) is 0.455. The lowest BCUT2D eigenvalue weighted by Crippen LogP contribution is -2.43. The minimum absolute atomic E-state index is 0.0258. The van der Waals surface area contributed by atoms with Crippen LogP contribution >= 0.6 is 0 Å². The minimum Gasteiger partial charge on any atom is -0.350 e. The molecule has 0 saturated heterocycles. The van der Waals surface area contributed by atoms with E-state index in [1.54, 1.807) is 0 Å². The quantitative estimate of drug-likeness (QED) is 0.823. The Morgan fingerprint density at radius 2 is 2.06 bits per heavy atom. The van der Waals surface area contributed by atoms with Crippen molar-refractivity contribution in [1.82, 2.24) is 10.3 Å². The van der Waals surface area contributed by atoms with Crippen molar-refractivity contribution in [3.63, 3.8) is 0 Å². The van der Waals surface area contributed by atoms with Gasteiger partial charge in [-0.25, -0.2) is 13.4 Å².